The van der Waals surface area contributed by atoms with Gasteiger partial charge in [0.1, 0.15) is 5.52 Å². The Morgan fingerprint density at radius 3 is 2.91 bits per heavy atom. The lowest BCUT2D eigenvalue weighted by molar-refractivity contribution is -0.133. The monoisotopic (exact) mass is 319 g/mol. The Morgan fingerprint density at radius 1 is 1.27 bits per heavy atom. The second-order valence-corrected chi connectivity index (χ2v) is 6.51. The average molecular weight is 320 g/mol. The van der Waals surface area contributed by atoms with E-state index in [1.807, 2.05) is 11.0 Å². The lowest BCUT2D eigenvalue weighted by Crippen LogP contribution is -2.35. The Balaban J connectivity index is 1.50. The van der Waals surface area contributed by atoms with Gasteiger partial charge < -0.3 is 14.2 Å². The van der Waals surface area contributed by atoms with E-state index in [4.69, 9.17) is 16.0 Å². The molecule has 0 aliphatic carbocycles. The maximum absolute atomic E-state index is 12.5. The fourth-order valence-corrected chi connectivity index (χ4v) is 3.52. The first-order valence-corrected chi connectivity index (χ1v) is 8.18. The second kappa shape index (κ2) is 5.47. The molecule has 1 unspecified atom stereocenters. The van der Waals surface area contributed by atoms with Crippen LogP contribution in [0.4, 0.5) is 6.01 Å². The third-order valence-corrected chi connectivity index (χ3v) is 4.80. The van der Waals surface area contributed by atoms with E-state index in [0.29, 0.717) is 23.5 Å². The van der Waals surface area contributed by atoms with Crippen LogP contribution >= 0.6 is 11.6 Å². The standard InChI is InChI=1S/C16H18ClN3O2/c17-12-3-4-14-13(9-12)18-16(22-14)20-8-5-11(10-20)15(21)19-6-1-2-7-19/h3-4,9,11H,1-2,5-8,10H2. The van der Waals surface area contributed by atoms with Gasteiger partial charge in [0.25, 0.3) is 6.01 Å². The van der Waals surface area contributed by atoms with Crippen LogP contribution in [0.1, 0.15) is 19.3 Å². The van der Waals surface area contributed by atoms with Crippen molar-refractivity contribution in [2.24, 2.45) is 5.92 Å². The van der Waals surface area contributed by atoms with Gasteiger partial charge in [0.05, 0.1) is 5.92 Å². The molecule has 0 spiro atoms. The molecule has 2 aromatic rings. The van der Waals surface area contributed by atoms with Gasteiger partial charge >= 0.3 is 0 Å². The van der Waals surface area contributed by atoms with Crippen molar-refractivity contribution >= 4 is 34.6 Å². The number of fused-ring (bicyclic) bond motifs is 1. The summed E-state index contributed by atoms with van der Waals surface area (Å²) in [5.41, 5.74) is 1.49. The molecule has 0 N–H and O–H groups in total. The van der Waals surface area contributed by atoms with Gasteiger partial charge in [-0.25, -0.2) is 0 Å². The summed E-state index contributed by atoms with van der Waals surface area (Å²) in [6.45, 7) is 3.33. The highest BCUT2D eigenvalue weighted by Gasteiger charge is 2.34. The summed E-state index contributed by atoms with van der Waals surface area (Å²) in [7, 11) is 0. The molecule has 5 nitrogen and oxygen atoms in total. The van der Waals surface area contributed by atoms with E-state index in [0.717, 1.165) is 50.0 Å². The van der Waals surface area contributed by atoms with Crippen molar-refractivity contribution in [3.05, 3.63) is 23.2 Å². The maximum Gasteiger partial charge on any atom is 0.298 e. The number of carbonyl (C=O) groups is 1. The zero-order chi connectivity index (χ0) is 15.1. The molecule has 6 heteroatoms. The molecule has 0 radical (unpaired) electrons. The summed E-state index contributed by atoms with van der Waals surface area (Å²) in [6, 6.07) is 6.01. The number of hydrogen-bond donors (Lipinski definition) is 0. The lowest BCUT2D eigenvalue weighted by atomic mass is 10.1. The Bertz CT molecular complexity index is 708. The van der Waals surface area contributed by atoms with Crippen molar-refractivity contribution < 1.29 is 9.21 Å². The van der Waals surface area contributed by atoms with Crippen LogP contribution in [-0.2, 0) is 4.79 Å². The molecule has 2 aliphatic heterocycles. The number of hydrogen-bond acceptors (Lipinski definition) is 4. The highest BCUT2D eigenvalue weighted by Crippen LogP contribution is 2.29. The maximum atomic E-state index is 12.5. The number of nitrogens with zero attached hydrogens (tertiary/aromatic N) is 3. The van der Waals surface area contributed by atoms with Crippen LogP contribution in [0.15, 0.2) is 22.6 Å². The predicted molar refractivity (Wildman–Crippen MR) is 85.2 cm³/mol. The molecular weight excluding hydrogens is 302 g/mol. The topological polar surface area (TPSA) is 49.6 Å². The number of oxazole rings is 1. The molecule has 2 saturated heterocycles. The van der Waals surface area contributed by atoms with Crippen LogP contribution in [-0.4, -0.2) is 42.0 Å². The van der Waals surface area contributed by atoms with Gasteiger partial charge in [-0.1, -0.05) is 11.6 Å². The molecule has 0 bridgehead atoms. The zero-order valence-corrected chi connectivity index (χ0v) is 13.1. The van der Waals surface area contributed by atoms with E-state index >= 15 is 0 Å². The van der Waals surface area contributed by atoms with Gasteiger partial charge in [-0.2, -0.15) is 4.98 Å². The first-order valence-electron chi connectivity index (χ1n) is 7.80. The number of amides is 1. The second-order valence-electron chi connectivity index (χ2n) is 6.07. The summed E-state index contributed by atoms with van der Waals surface area (Å²) in [6.07, 6.45) is 3.14. The number of anilines is 1. The molecule has 2 aliphatic rings. The van der Waals surface area contributed by atoms with Crippen molar-refractivity contribution in [2.45, 2.75) is 19.3 Å². The number of rotatable bonds is 2. The highest BCUT2D eigenvalue weighted by molar-refractivity contribution is 6.31. The van der Waals surface area contributed by atoms with Gasteiger partial charge in [-0.3, -0.25) is 4.79 Å². The molecule has 1 aromatic carbocycles. The minimum atomic E-state index is 0.0664. The van der Waals surface area contributed by atoms with E-state index < -0.39 is 0 Å². The first-order chi connectivity index (χ1) is 10.7. The normalized spacial score (nSPS) is 22.0. The van der Waals surface area contributed by atoms with E-state index in [9.17, 15) is 4.79 Å². The largest absolute Gasteiger partial charge is 0.423 e. The van der Waals surface area contributed by atoms with Crippen LogP contribution in [0.2, 0.25) is 5.02 Å². The Kier molecular flexibility index (Phi) is 3.45. The summed E-state index contributed by atoms with van der Waals surface area (Å²) in [5.74, 6) is 0.357. The third kappa shape index (κ3) is 2.43. The van der Waals surface area contributed by atoms with Gasteiger partial charge in [-0.05, 0) is 37.5 Å². The van der Waals surface area contributed by atoms with E-state index in [1.54, 1.807) is 12.1 Å². The third-order valence-electron chi connectivity index (χ3n) is 4.56. The molecular formula is C16H18ClN3O2. The molecule has 1 aromatic heterocycles. The van der Waals surface area contributed by atoms with Crippen LogP contribution in [0.25, 0.3) is 11.1 Å². The van der Waals surface area contributed by atoms with Crippen molar-refractivity contribution in [3.63, 3.8) is 0 Å². The molecule has 1 atom stereocenters. The predicted octanol–water partition coefficient (Wildman–Crippen LogP) is 2.93. The van der Waals surface area contributed by atoms with E-state index in [1.165, 1.54) is 0 Å². The van der Waals surface area contributed by atoms with E-state index in [2.05, 4.69) is 9.88 Å². The minimum Gasteiger partial charge on any atom is -0.423 e. The zero-order valence-electron chi connectivity index (χ0n) is 12.3. The fraction of sp³-hybridized carbons (Fsp3) is 0.500. The first kappa shape index (κ1) is 13.9. The lowest BCUT2D eigenvalue weighted by Gasteiger charge is -2.20. The SMILES string of the molecule is O=C(C1CCN(c2nc3cc(Cl)ccc3o2)C1)N1CCCC1. The Morgan fingerprint density at radius 2 is 2.09 bits per heavy atom. The molecule has 116 valence electrons. The number of carbonyl (C=O) groups excluding carboxylic acids is 1. The Hall–Kier alpha value is -1.75. The summed E-state index contributed by atoms with van der Waals surface area (Å²) in [5, 5.41) is 0.649. The molecule has 1 amide bonds. The van der Waals surface area contributed by atoms with Gasteiger partial charge in [0.15, 0.2) is 5.58 Å². The van der Waals surface area contributed by atoms with Crippen LogP contribution in [0, 0.1) is 5.92 Å². The van der Waals surface area contributed by atoms with Crippen molar-refractivity contribution in [2.75, 3.05) is 31.1 Å². The molecule has 0 saturated carbocycles. The smallest absolute Gasteiger partial charge is 0.298 e. The molecule has 2 fully saturated rings. The molecule has 4 rings (SSSR count). The van der Waals surface area contributed by atoms with Crippen molar-refractivity contribution in [3.8, 4) is 0 Å². The van der Waals surface area contributed by atoms with Gasteiger partial charge in [-0.15, -0.1) is 0 Å². The number of halogens is 1. The van der Waals surface area contributed by atoms with Crippen LogP contribution < -0.4 is 4.90 Å². The number of aromatic nitrogens is 1. The van der Waals surface area contributed by atoms with Gasteiger partial charge in [0.2, 0.25) is 5.91 Å². The summed E-state index contributed by atoms with van der Waals surface area (Å²) < 4.78 is 5.79. The fourth-order valence-electron chi connectivity index (χ4n) is 3.35. The quantitative estimate of drug-likeness (QED) is 0.854. The summed E-state index contributed by atoms with van der Waals surface area (Å²) >= 11 is 5.98. The highest BCUT2D eigenvalue weighted by atomic mass is 35.5. The van der Waals surface area contributed by atoms with Crippen molar-refractivity contribution in [1.82, 2.24) is 9.88 Å². The summed E-state index contributed by atoms with van der Waals surface area (Å²) in [4.78, 5) is 21.0. The van der Waals surface area contributed by atoms with E-state index in [-0.39, 0.29) is 5.92 Å². The average Bonchev–Trinajstić information content (AvgIpc) is 3.25. The molecule has 22 heavy (non-hydrogen) atoms. The van der Waals surface area contributed by atoms with Crippen LogP contribution in [0.3, 0.4) is 0 Å². The Labute approximate surface area is 133 Å². The number of benzene rings is 1. The van der Waals surface area contributed by atoms with Gasteiger partial charge in [0, 0.05) is 31.2 Å². The van der Waals surface area contributed by atoms with Crippen LogP contribution in [0.5, 0.6) is 0 Å². The molecule has 3 heterocycles. The minimum absolute atomic E-state index is 0.0664. The number of likely N-dealkylation sites (tertiary alicyclic amines) is 1. The van der Waals surface area contributed by atoms with Crippen molar-refractivity contribution in [1.29, 1.82) is 0 Å².